The van der Waals surface area contributed by atoms with Crippen molar-refractivity contribution < 1.29 is 14.7 Å². The summed E-state index contributed by atoms with van der Waals surface area (Å²) in [6.45, 7) is 4.07. The summed E-state index contributed by atoms with van der Waals surface area (Å²) in [4.78, 5) is 25.8. The molecule has 1 amide bonds. The molecule has 0 radical (unpaired) electrons. The molecule has 1 aliphatic carbocycles. The fourth-order valence-electron chi connectivity index (χ4n) is 4.03. The molecule has 1 heterocycles. The lowest BCUT2D eigenvalue weighted by Gasteiger charge is -2.23. The van der Waals surface area contributed by atoms with E-state index < -0.39 is 11.4 Å². The summed E-state index contributed by atoms with van der Waals surface area (Å²) in [6, 6.07) is 8.07. The van der Waals surface area contributed by atoms with Crippen molar-refractivity contribution in [3.63, 3.8) is 0 Å². The normalized spacial score (nSPS) is 25.8. The SMILES string of the molecule is Cc1ccc(CNC(=O)CN2C[C@@H]3CCC[C@@]3(C(=O)O)C2)cc1.Cl. The van der Waals surface area contributed by atoms with Gasteiger partial charge in [0.2, 0.25) is 5.91 Å². The highest BCUT2D eigenvalue weighted by Crippen LogP contribution is 2.48. The molecule has 0 unspecified atom stereocenters. The predicted molar refractivity (Wildman–Crippen MR) is 94.1 cm³/mol. The van der Waals surface area contributed by atoms with Crippen LogP contribution in [-0.2, 0) is 16.1 Å². The molecule has 2 fully saturated rings. The Morgan fingerprint density at radius 3 is 2.67 bits per heavy atom. The lowest BCUT2D eigenvalue weighted by Crippen LogP contribution is -2.39. The van der Waals surface area contributed by atoms with Gasteiger partial charge >= 0.3 is 5.97 Å². The quantitative estimate of drug-likeness (QED) is 0.852. The number of fused-ring (bicyclic) bond motifs is 1. The van der Waals surface area contributed by atoms with Crippen LogP contribution in [0.5, 0.6) is 0 Å². The fraction of sp³-hybridized carbons (Fsp3) is 0.556. The molecule has 1 saturated heterocycles. The molecule has 132 valence electrons. The second kappa shape index (κ2) is 7.53. The van der Waals surface area contributed by atoms with Crippen LogP contribution in [0.15, 0.2) is 24.3 Å². The first-order valence-corrected chi connectivity index (χ1v) is 8.27. The molecule has 0 bridgehead atoms. The summed E-state index contributed by atoms with van der Waals surface area (Å²) in [7, 11) is 0. The number of aryl methyl sites for hydroxylation is 1. The number of rotatable bonds is 5. The maximum atomic E-state index is 12.1. The molecule has 1 saturated carbocycles. The monoisotopic (exact) mass is 352 g/mol. The summed E-state index contributed by atoms with van der Waals surface area (Å²) < 4.78 is 0. The van der Waals surface area contributed by atoms with E-state index in [1.54, 1.807) is 0 Å². The highest BCUT2D eigenvalue weighted by Gasteiger charge is 2.54. The molecule has 6 heteroatoms. The van der Waals surface area contributed by atoms with E-state index in [2.05, 4.69) is 5.32 Å². The topological polar surface area (TPSA) is 69.6 Å². The van der Waals surface area contributed by atoms with E-state index in [0.29, 0.717) is 13.1 Å². The van der Waals surface area contributed by atoms with Crippen molar-refractivity contribution in [2.75, 3.05) is 19.6 Å². The lowest BCUT2D eigenvalue weighted by molar-refractivity contribution is -0.149. The number of likely N-dealkylation sites (tertiary alicyclic amines) is 1. The van der Waals surface area contributed by atoms with Crippen molar-refractivity contribution in [3.05, 3.63) is 35.4 Å². The van der Waals surface area contributed by atoms with Crippen molar-refractivity contribution in [1.29, 1.82) is 0 Å². The maximum absolute atomic E-state index is 12.1. The molecule has 2 N–H and O–H groups in total. The molecule has 1 aromatic rings. The van der Waals surface area contributed by atoms with Gasteiger partial charge in [0.15, 0.2) is 0 Å². The number of halogens is 1. The molecule has 24 heavy (non-hydrogen) atoms. The third-order valence-corrected chi connectivity index (χ3v) is 5.34. The number of aliphatic carboxylic acids is 1. The summed E-state index contributed by atoms with van der Waals surface area (Å²) in [5.74, 6) is -0.529. The number of carboxylic acid groups (broad SMARTS) is 1. The van der Waals surface area contributed by atoms with Crippen molar-refractivity contribution >= 4 is 24.3 Å². The number of hydrogen-bond acceptors (Lipinski definition) is 3. The van der Waals surface area contributed by atoms with E-state index in [9.17, 15) is 14.7 Å². The van der Waals surface area contributed by atoms with Crippen LogP contribution >= 0.6 is 12.4 Å². The zero-order valence-corrected chi connectivity index (χ0v) is 14.8. The standard InChI is InChI=1S/C18H24N2O3.ClH/c1-13-4-6-14(7-5-13)9-19-16(21)11-20-10-15-3-2-8-18(15,12-20)17(22)23;/h4-7,15H,2-3,8-12H2,1H3,(H,19,21)(H,22,23);1H/t15-,18+;/m0./s1. The number of nitrogens with one attached hydrogen (secondary N) is 1. The first-order valence-electron chi connectivity index (χ1n) is 8.27. The molecule has 2 atom stereocenters. The van der Waals surface area contributed by atoms with Crippen LogP contribution in [0.1, 0.15) is 30.4 Å². The zero-order chi connectivity index (χ0) is 16.4. The average Bonchev–Trinajstić information content (AvgIpc) is 3.04. The highest BCUT2D eigenvalue weighted by molar-refractivity contribution is 5.85. The summed E-state index contributed by atoms with van der Waals surface area (Å²) >= 11 is 0. The highest BCUT2D eigenvalue weighted by atomic mass is 35.5. The molecular formula is C18H25ClN2O3. The predicted octanol–water partition coefficient (Wildman–Crippen LogP) is 2.22. The van der Waals surface area contributed by atoms with E-state index in [1.165, 1.54) is 5.56 Å². The van der Waals surface area contributed by atoms with Crippen molar-refractivity contribution in [1.82, 2.24) is 10.2 Å². The molecule has 1 aromatic carbocycles. The number of hydrogen-bond donors (Lipinski definition) is 2. The lowest BCUT2D eigenvalue weighted by atomic mass is 9.81. The van der Waals surface area contributed by atoms with Gasteiger partial charge in [0.25, 0.3) is 0 Å². The van der Waals surface area contributed by atoms with E-state index >= 15 is 0 Å². The number of amides is 1. The van der Waals surface area contributed by atoms with Crippen LogP contribution < -0.4 is 5.32 Å². The summed E-state index contributed by atoms with van der Waals surface area (Å²) in [6.07, 6.45) is 2.70. The van der Waals surface area contributed by atoms with Crippen LogP contribution in [0, 0.1) is 18.3 Å². The Balaban J connectivity index is 0.00000208. The van der Waals surface area contributed by atoms with Gasteiger partial charge in [-0.05, 0) is 31.2 Å². The van der Waals surface area contributed by atoms with Gasteiger partial charge in [-0.1, -0.05) is 36.2 Å². The van der Waals surface area contributed by atoms with E-state index in [4.69, 9.17) is 0 Å². The number of carbonyl (C=O) groups is 2. The van der Waals surface area contributed by atoms with Crippen LogP contribution in [0.25, 0.3) is 0 Å². The van der Waals surface area contributed by atoms with Gasteiger partial charge in [0.1, 0.15) is 0 Å². The minimum Gasteiger partial charge on any atom is -0.481 e. The Hall–Kier alpha value is -1.59. The third kappa shape index (κ3) is 3.73. The molecular weight excluding hydrogens is 328 g/mol. The largest absolute Gasteiger partial charge is 0.481 e. The minimum atomic E-state index is -0.692. The molecule has 5 nitrogen and oxygen atoms in total. The van der Waals surface area contributed by atoms with Crippen molar-refractivity contribution in [2.24, 2.45) is 11.3 Å². The van der Waals surface area contributed by atoms with Gasteiger partial charge in [-0.2, -0.15) is 0 Å². The Morgan fingerprint density at radius 1 is 1.33 bits per heavy atom. The number of carboxylic acids is 1. The minimum absolute atomic E-state index is 0. The number of nitrogens with zero attached hydrogens (tertiary/aromatic N) is 1. The molecule has 0 spiro atoms. The number of carbonyl (C=O) groups excluding carboxylic acids is 1. The first kappa shape index (κ1) is 18.7. The smallest absolute Gasteiger partial charge is 0.311 e. The van der Waals surface area contributed by atoms with Gasteiger partial charge in [0.05, 0.1) is 12.0 Å². The molecule has 3 rings (SSSR count). The van der Waals surface area contributed by atoms with Gasteiger partial charge in [-0.15, -0.1) is 12.4 Å². The van der Waals surface area contributed by atoms with Crippen molar-refractivity contribution in [2.45, 2.75) is 32.7 Å². The van der Waals surface area contributed by atoms with Crippen LogP contribution in [0.3, 0.4) is 0 Å². The Morgan fingerprint density at radius 2 is 2.04 bits per heavy atom. The zero-order valence-electron chi connectivity index (χ0n) is 14.0. The maximum Gasteiger partial charge on any atom is 0.311 e. The average molecular weight is 353 g/mol. The fourth-order valence-corrected chi connectivity index (χ4v) is 4.03. The van der Waals surface area contributed by atoms with E-state index in [1.807, 2.05) is 36.1 Å². The van der Waals surface area contributed by atoms with Crippen LogP contribution in [-0.4, -0.2) is 41.5 Å². The Kier molecular flexibility index (Phi) is 5.88. The van der Waals surface area contributed by atoms with E-state index in [0.717, 1.165) is 31.4 Å². The molecule has 1 aliphatic heterocycles. The van der Waals surface area contributed by atoms with Gasteiger partial charge in [-0.25, -0.2) is 0 Å². The van der Waals surface area contributed by atoms with Crippen molar-refractivity contribution in [3.8, 4) is 0 Å². The molecule has 0 aromatic heterocycles. The second-order valence-corrected chi connectivity index (χ2v) is 6.98. The van der Waals surface area contributed by atoms with Gasteiger partial charge in [0, 0.05) is 19.6 Å². The first-order chi connectivity index (χ1) is 11.0. The van der Waals surface area contributed by atoms with Crippen LogP contribution in [0.4, 0.5) is 0 Å². The summed E-state index contributed by atoms with van der Waals surface area (Å²) in [5.41, 5.74) is 1.66. The second-order valence-electron chi connectivity index (χ2n) is 6.98. The van der Waals surface area contributed by atoms with E-state index in [-0.39, 0.29) is 30.8 Å². The molecule has 2 aliphatic rings. The Labute approximate surface area is 148 Å². The van der Waals surface area contributed by atoms with Gasteiger partial charge in [-0.3, -0.25) is 14.5 Å². The summed E-state index contributed by atoms with van der Waals surface area (Å²) in [5, 5.41) is 12.5. The van der Waals surface area contributed by atoms with Gasteiger partial charge < -0.3 is 10.4 Å². The van der Waals surface area contributed by atoms with Crippen LogP contribution in [0.2, 0.25) is 0 Å². The number of benzene rings is 1. The Bertz CT molecular complexity index is 605. The third-order valence-electron chi connectivity index (χ3n) is 5.34.